The zero-order valence-corrected chi connectivity index (χ0v) is 11.2. The predicted molar refractivity (Wildman–Crippen MR) is 71.2 cm³/mol. The largest absolute Gasteiger partial charge is 0.493 e. The minimum Gasteiger partial charge on any atom is -0.493 e. The van der Waals surface area contributed by atoms with Crippen molar-refractivity contribution in [1.82, 2.24) is 4.90 Å². The standard InChI is InChI=1S/C15H19NO3/c1-18-15(17)11-6-7-16(8-11)9-12-10-19-14-5-3-2-4-13(12)14/h2-5,11-12H,6-10H2,1H3. The molecule has 2 aliphatic heterocycles. The average molecular weight is 261 g/mol. The topological polar surface area (TPSA) is 38.8 Å². The summed E-state index contributed by atoms with van der Waals surface area (Å²) in [4.78, 5) is 13.9. The number of likely N-dealkylation sites (tertiary alicyclic amines) is 1. The van der Waals surface area contributed by atoms with Gasteiger partial charge in [-0.15, -0.1) is 0 Å². The molecule has 19 heavy (non-hydrogen) atoms. The number of nitrogens with zero attached hydrogens (tertiary/aromatic N) is 1. The van der Waals surface area contributed by atoms with Gasteiger partial charge >= 0.3 is 5.97 Å². The van der Waals surface area contributed by atoms with E-state index in [2.05, 4.69) is 17.0 Å². The van der Waals surface area contributed by atoms with Gasteiger partial charge in [0.15, 0.2) is 0 Å². The Morgan fingerprint density at radius 1 is 1.47 bits per heavy atom. The fourth-order valence-electron chi connectivity index (χ4n) is 3.05. The average Bonchev–Trinajstić information content (AvgIpc) is 3.06. The molecule has 3 rings (SSSR count). The second-order valence-electron chi connectivity index (χ2n) is 5.31. The molecule has 0 spiro atoms. The lowest BCUT2D eigenvalue weighted by Crippen LogP contribution is -2.28. The van der Waals surface area contributed by atoms with Crippen molar-refractivity contribution >= 4 is 5.97 Å². The summed E-state index contributed by atoms with van der Waals surface area (Å²) in [6, 6.07) is 8.23. The molecule has 2 unspecified atom stereocenters. The first-order valence-corrected chi connectivity index (χ1v) is 6.80. The molecule has 2 heterocycles. The molecule has 1 saturated heterocycles. The van der Waals surface area contributed by atoms with E-state index in [1.807, 2.05) is 12.1 Å². The van der Waals surface area contributed by atoms with E-state index < -0.39 is 0 Å². The number of rotatable bonds is 3. The van der Waals surface area contributed by atoms with E-state index in [9.17, 15) is 4.79 Å². The highest BCUT2D eigenvalue weighted by Gasteiger charge is 2.32. The molecular weight excluding hydrogens is 242 g/mol. The van der Waals surface area contributed by atoms with Gasteiger partial charge in [0.2, 0.25) is 0 Å². The van der Waals surface area contributed by atoms with Crippen molar-refractivity contribution < 1.29 is 14.3 Å². The van der Waals surface area contributed by atoms with Crippen molar-refractivity contribution in [3.05, 3.63) is 29.8 Å². The molecule has 4 nitrogen and oxygen atoms in total. The van der Waals surface area contributed by atoms with Crippen molar-refractivity contribution in [3.8, 4) is 5.75 Å². The van der Waals surface area contributed by atoms with Crippen LogP contribution in [0.5, 0.6) is 5.75 Å². The minimum atomic E-state index is -0.0782. The molecule has 0 radical (unpaired) electrons. The lowest BCUT2D eigenvalue weighted by molar-refractivity contribution is -0.144. The molecule has 0 aliphatic carbocycles. The molecule has 1 aromatic carbocycles. The van der Waals surface area contributed by atoms with E-state index in [-0.39, 0.29) is 11.9 Å². The van der Waals surface area contributed by atoms with Gasteiger partial charge in [-0.2, -0.15) is 0 Å². The first kappa shape index (κ1) is 12.5. The fraction of sp³-hybridized carbons (Fsp3) is 0.533. The van der Waals surface area contributed by atoms with Crippen LogP contribution in [-0.2, 0) is 9.53 Å². The van der Waals surface area contributed by atoms with Crippen molar-refractivity contribution in [2.75, 3.05) is 33.4 Å². The number of carbonyl (C=O) groups is 1. The summed E-state index contributed by atoms with van der Waals surface area (Å²) in [5.41, 5.74) is 1.30. The van der Waals surface area contributed by atoms with Gasteiger partial charge in [0, 0.05) is 24.6 Å². The summed E-state index contributed by atoms with van der Waals surface area (Å²) in [5, 5.41) is 0. The Kier molecular flexibility index (Phi) is 3.42. The maximum atomic E-state index is 11.5. The second kappa shape index (κ2) is 5.21. The SMILES string of the molecule is COC(=O)C1CCN(CC2COc3ccccc32)C1. The Bertz CT molecular complexity index is 474. The van der Waals surface area contributed by atoms with Crippen LogP contribution in [0.3, 0.4) is 0 Å². The lowest BCUT2D eigenvalue weighted by atomic mass is 10.0. The molecule has 0 saturated carbocycles. The van der Waals surface area contributed by atoms with Crippen LogP contribution in [0, 0.1) is 5.92 Å². The highest BCUT2D eigenvalue weighted by molar-refractivity contribution is 5.72. The number of para-hydroxylation sites is 1. The maximum Gasteiger partial charge on any atom is 0.310 e. The van der Waals surface area contributed by atoms with Crippen LogP contribution in [0.1, 0.15) is 17.9 Å². The number of hydrogen-bond donors (Lipinski definition) is 0. The third-order valence-corrected chi connectivity index (χ3v) is 4.08. The van der Waals surface area contributed by atoms with Crippen molar-refractivity contribution in [2.45, 2.75) is 12.3 Å². The smallest absolute Gasteiger partial charge is 0.310 e. The number of esters is 1. The van der Waals surface area contributed by atoms with Crippen LogP contribution in [0.15, 0.2) is 24.3 Å². The van der Waals surface area contributed by atoms with Crippen molar-refractivity contribution in [1.29, 1.82) is 0 Å². The molecule has 1 aromatic rings. The van der Waals surface area contributed by atoms with Crippen LogP contribution < -0.4 is 4.74 Å². The molecule has 102 valence electrons. The summed E-state index contributed by atoms with van der Waals surface area (Å²) in [5.74, 6) is 1.40. The molecular formula is C15H19NO3. The van der Waals surface area contributed by atoms with E-state index >= 15 is 0 Å². The quantitative estimate of drug-likeness (QED) is 0.776. The van der Waals surface area contributed by atoms with Gasteiger partial charge in [0.05, 0.1) is 19.6 Å². The monoisotopic (exact) mass is 261 g/mol. The summed E-state index contributed by atoms with van der Waals surface area (Å²) < 4.78 is 10.5. The van der Waals surface area contributed by atoms with Crippen LogP contribution in [0.2, 0.25) is 0 Å². The predicted octanol–water partition coefficient (Wildman–Crippen LogP) is 1.66. The first-order chi connectivity index (χ1) is 9.28. The fourth-order valence-corrected chi connectivity index (χ4v) is 3.05. The molecule has 0 bridgehead atoms. The number of ether oxygens (including phenoxy) is 2. The van der Waals surface area contributed by atoms with Crippen molar-refractivity contribution in [3.63, 3.8) is 0 Å². The molecule has 0 aromatic heterocycles. The van der Waals surface area contributed by atoms with E-state index in [1.54, 1.807) is 0 Å². The number of benzene rings is 1. The Morgan fingerprint density at radius 3 is 3.16 bits per heavy atom. The molecule has 2 aliphatic rings. The van der Waals surface area contributed by atoms with Gasteiger partial charge in [-0.05, 0) is 19.0 Å². The van der Waals surface area contributed by atoms with E-state index in [0.29, 0.717) is 5.92 Å². The third-order valence-electron chi connectivity index (χ3n) is 4.08. The summed E-state index contributed by atoms with van der Waals surface area (Å²) in [7, 11) is 1.46. The minimum absolute atomic E-state index is 0.0440. The Morgan fingerprint density at radius 2 is 2.32 bits per heavy atom. The zero-order valence-electron chi connectivity index (χ0n) is 11.2. The van der Waals surface area contributed by atoms with E-state index in [1.165, 1.54) is 12.7 Å². The zero-order chi connectivity index (χ0) is 13.2. The molecule has 0 N–H and O–H groups in total. The maximum absolute atomic E-state index is 11.5. The highest BCUT2D eigenvalue weighted by atomic mass is 16.5. The Balaban J connectivity index is 1.61. The molecule has 1 fully saturated rings. The Labute approximate surface area is 113 Å². The van der Waals surface area contributed by atoms with Gasteiger partial charge < -0.3 is 14.4 Å². The van der Waals surface area contributed by atoms with Crippen LogP contribution in [-0.4, -0.2) is 44.2 Å². The summed E-state index contributed by atoms with van der Waals surface area (Å²) in [6.45, 7) is 3.49. The van der Waals surface area contributed by atoms with Crippen LogP contribution >= 0.6 is 0 Å². The number of hydrogen-bond acceptors (Lipinski definition) is 4. The van der Waals surface area contributed by atoms with E-state index in [4.69, 9.17) is 9.47 Å². The summed E-state index contributed by atoms with van der Waals surface area (Å²) >= 11 is 0. The van der Waals surface area contributed by atoms with Gasteiger partial charge in [0.1, 0.15) is 5.75 Å². The van der Waals surface area contributed by atoms with Gasteiger partial charge in [-0.25, -0.2) is 0 Å². The van der Waals surface area contributed by atoms with Gasteiger partial charge in [-0.1, -0.05) is 18.2 Å². The summed E-state index contributed by atoms with van der Waals surface area (Å²) in [6.07, 6.45) is 0.905. The van der Waals surface area contributed by atoms with Crippen molar-refractivity contribution in [2.24, 2.45) is 5.92 Å². The number of methoxy groups -OCH3 is 1. The second-order valence-corrected chi connectivity index (χ2v) is 5.31. The first-order valence-electron chi connectivity index (χ1n) is 6.80. The van der Waals surface area contributed by atoms with Crippen LogP contribution in [0.4, 0.5) is 0 Å². The Hall–Kier alpha value is -1.55. The number of fused-ring (bicyclic) bond motifs is 1. The van der Waals surface area contributed by atoms with Crippen LogP contribution in [0.25, 0.3) is 0 Å². The van der Waals surface area contributed by atoms with Gasteiger partial charge in [-0.3, -0.25) is 4.79 Å². The molecule has 0 amide bonds. The normalized spacial score (nSPS) is 25.9. The lowest BCUT2D eigenvalue weighted by Gasteiger charge is -2.19. The number of carbonyl (C=O) groups excluding carboxylic acids is 1. The van der Waals surface area contributed by atoms with Gasteiger partial charge in [0.25, 0.3) is 0 Å². The highest BCUT2D eigenvalue weighted by Crippen LogP contribution is 2.34. The third kappa shape index (κ3) is 2.45. The molecule has 4 heteroatoms. The van der Waals surface area contributed by atoms with E-state index in [0.717, 1.165) is 38.4 Å². The molecule has 2 atom stereocenters.